The van der Waals surface area contributed by atoms with Gasteiger partial charge in [-0.15, -0.1) is 0 Å². The van der Waals surface area contributed by atoms with Crippen molar-refractivity contribution in [2.24, 2.45) is 0 Å². The molecule has 0 radical (unpaired) electrons. The van der Waals surface area contributed by atoms with E-state index in [1.807, 2.05) is 0 Å². The van der Waals surface area contributed by atoms with Gasteiger partial charge in [0.1, 0.15) is 5.76 Å². The summed E-state index contributed by atoms with van der Waals surface area (Å²) in [7, 11) is 0. The fraction of sp³-hybridized carbons (Fsp3) is 0. The van der Waals surface area contributed by atoms with Gasteiger partial charge in [0.25, 0.3) is 0 Å². The highest BCUT2D eigenvalue weighted by molar-refractivity contribution is 6.34. The number of carbonyl (C=O) groups excluding carboxylic acids is 1. The zero-order valence-corrected chi connectivity index (χ0v) is 9.15. The molecule has 3 heteroatoms. The van der Waals surface area contributed by atoms with Crippen LogP contribution in [0.1, 0.15) is 16.1 Å². The number of hydrogen-bond acceptors (Lipinski definition) is 2. The van der Waals surface area contributed by atoms with E-state index >= 15 is 0 Å². The molecular weight excluding hydrogens is 224 g/mol. The third-order valence-electron chi connectivity index (χ3n) is 2.08. The second kappa shape index (κ2) is 4.81. The molecule has 0 aliphatic rings. The summed E-state index contributed by atoms with van der Waals surface area (Å²) in [5, 5.41) is 0.455. The van der Waals surface area contributed by atoms with Crippen LogP contribution in [0.3, 0.4) is 0 Å². The predicted octanol–water partition coefficient (Wildman–Crippen LogP) is 3.83. The molecule has 0 bridgehead atoms. The largest absolute Gasteiger partial charge is 0.465 e. The monoisotopic (exact) mass is 232 g/mol. The van der Waals surface area contributed by atoms with Crippen LogP contribution in [-0.2, 0) is 0 Å². The van der Waals surface area contributed by atoms with Crippen LogP contribution >= 0.6 is 11.6 Å². The van der Waals surface area contributed by atoms with Crippen molar-refractivity contribution in [3.05, 3.63) is 65.1 Å². The minimum atomic E-state index is -0.137. The predicted molar refractivity (Wildman–Crippen MR) is 63.5 cm³/mol. The normalized spacial score (nSPS) is 10.8. The lowest BCUT2D eigenvalue weighted by atomic mass is 10.1. The molecule has 0 aliphatic heterocycles. The molecule has 1 heterocycles. The minimum Gasteiger partial charge on any atom is -0.465 e. The van der Waals surface area contributed by atoms with Gasteiger partial charge in [-0.2, -0.15) is 0 Å². The second-order valence-electron chi connectivity index (χ2n) is 3.19. The van der Waals surface area contributed by atoms with Gasteiger partial charge in [-0.3, -0.25) is 4.79 Å². The molecule has 0 saturated heterocycles. The van der Waals surface area contributed by atoms with Crippen LogP contribution in [0.2, 0.25) is 5.02 Å². The van der Waals surface area contributed by atoms with Gasteiger partial charge in [0, 0.05) is 5.56 Å². The topological polar surface area (TPSA) is 30.2 Å². The van der Waals surface area contributed by atoms with Crippen LogP contribution in [-0.4, -0.2) is 5.78 Å². The van der Waals surface area contributed by atoms with Gasteiger partial charge in [0.05, 0.1) is 11.3 Å². The molecule has 16 heavy (non-hydrogen) atoms. The highest BCUT2D eigenvalue weighted by Crippen LogP contribution is 2.16. The summed E-state index contributed by atoms with van der Waals surface area (Å²) in [4.78, 5) is 11.7. The third-order valence-corrected chi connectivity index (χ3v) is 2.41. The SMILES string of the molecule is O=C(C=Cc1ccco1)c1ccccc1Cl. The first-order valence-corrected chi connectivity index (χ1v) is 5.15. The Morgan fingerprint density at radius 3 is 2.69 bits per heavy atom. The number of rotatable bonds is 3. The molecule has 2 nitrogen and oxygen atoms in total. The molecule has 0 unspecified atom stereocenters. The summed E-state index contributed by atoms with van der Waals surface area (Å²) >= 11 is 5.90. The molecule has 0 atom stereocenters. The molecule has 0 N–H and O–H groups in total. The highest BCUT2D eigenvalue weighted by Gasteiger charge is 2.05. The first kappa shape index (κ1) is 10.7. The molecule has 0 amide bonds. The van der Waals surface area contributed by atoms with Crippen LogP contribution in [0.25, 0.3) is 6.08 Å². The molecule has 0 aliphatic carbocycles. The van der Waals surface area contributed by atoms with E-state index in [0.29, 0.717) is 16.3 Å². The minimum absolute atomic E-state index is 0.137. The Kier molecular flexibility index (Phi) is 3.22. The zero-order chi connectivity index (χ0) is 11.4. The average molecular weight is 233 g/mol. The van der Waals surface area contributed by atoms with E-state index < -0.39 is 0 Å². The first-order valence-electron chi connectivity index (χ1n) is 4.78. The fourth-order valence-electron chi connectivity index (χ4n) is 1.29. The molecule has 0 saturated carbocycles. The van der Waals surface area contributed by atoms with E-state index in [1.165, 1.54) is 6.08 Å². The van der Waals surface area contributed by atoms with Crippen molar-refractivity contribution in [3.8, 4) is 0 Å². The molecule has 1 aromatic carbocycles. The van der Waals surface area contributed by atoms with Crippen LogP contribution in [0.15, 0.2) is 53.2 Å². The Hall–Kier alpha value is -1.80. The van der Waals surface area contributed by atoms with Crippen molar-refractivity contribution >= 4 is 23.5 Å². The van der Waals surface area contributed by atoms with Gasteiger partial charge >= 0.3 is 0 Å². The van der Waals surface area contributed by atoms with Crippen LogP contribution in [0.4, 0.5) is 0 Å². The Bertz CT molecular complexity index is 512. The van der Waals surface area contributed by atoms with Gasteiger partial charge in [-0.05, 0) is 36.4 Å². The van der Waals surface area contributed by atoms with Crippen LogP contribution in [0, 0.1) is 0 Å². The lowest BCUT2D eigenvalue weighted by Gasteiger charge is -1.97. The number of allylic oxidation sites excluding steroid dienone is 1. The Morgan fingerprint density at radius 2 is 2.00 bits per heavy atom. The maximum Gasteiger partial charge on any atom is 0.187 e. The average Bonchev–Trinajstić information content (AvgIpc) is 2.79. The second-order valence-corrected chi connectivity index (χ2v) is 3.60. The summed E-state index contributed by atoms with van der Waals surface area (Å²) in [5.41, 5.74) is 0.493. The standard InChI is InChI=1S/C13H9ClO2/c14-12-6-2-1-5-11(12)13(15)8-7-10-4-3-9-16-10/h1-9H. The van der Waals surface area contributed by atoms with Crippen molar-refractivity contribution in [1.29, 1.82) is 0 Å². The van der Waals surface area contributed by atoms with E-state index in [9.17, 15) is 4.79 Å². The van der Waals surface area contributed by atoms with E-state index in [0.717, 1.165) is 0 Å². The van der Waals surface area contributed by atoms with E-state index in [4.69, 9.17) is 16.0 Å². The van der Waals surface area contributed by atoms with Crippen molar-refractivity contribution < 1.29 is 9.21 Å². The number of hydrogen-bond donors (Lipinski definition) is 0. The zero-order valence-electron chi connectivity index (χ0n) is 8.39. The number of ketones is 1. The molecule has 80 valence electrons. The van der Waals surface area contributed by atoms with Crippen LogP contribution in [0.5, 0.6) is 0 Å². The summed E-state index contributed by atoms with van der Waals surface area (Å²) in [6, 6.07) is 10.5. The van der Waals surface area contributed by atoms with E-state index in [1.54, 1.807) is 48.7 Å². The van der Waals surface area contributed by atoms with Crippen molar-refractivity contribution in [2.75, 3.05) is 0 Å². The van der Waals surface area contributed by atoms with Gasteiger partial charge in [-0.1, -0.05) is 23.7 Å². The van der Waals surface area contributed by atoms with Crippen molar-refractivity contribution in [2.45, 2.75) is 0 Å². The number of halogens is 1. The number of carbonyl (C=O) groups is 1. The number of furan rings is 1. The Morgan fingerprint density at radius 1 is 1.19 bits per heavy atom. The van der Waals surface area contributed by atoms with E-state index in [-0.39, 0.29) is 5.78 Å². The maximum atomic E-state index is 11.7. The van der Waals surface area contributed by atoms with Crippen LogP contribution < -0.4 is 0 Å². The molecule has 2 aromatic rings. The third kappa shape index (κ3) is 2.41. The quantitative estimate of drug-likeness (QED) is 0.595. The van der Waals surface area contributed by atoms with Gasteiger partial charge in [-0.25, -0.2) is 0 Å². The Balaban J connectivity index is 2.18. The summed E-state index contributed by atoms with van der Waals surface area (Å²) < 4.78 is 5.08. The van der Waals surface area contributed by atoms with Crippen molar-refractivity contribution in [1.82, 2.24) is 0 Å². The number of benzene rings is 1. The lowest BCUT2D eigenvalue weighted by Crippen LogP contribution is -1.94. The van der Waals surface area contributed by atoms with Crippen molar-refractivity contribution in [3.63, 3.8) is 0 Å². The van der Waals surface area contributed by atoms with Gasteiger partial charge in [0.2, 0.25) is 0 Å². The summed E-state index contributed by atoms with van der Waals surface area (Å²) in [5.74, 6) is 0.502. The molecule has 0 spiro atoms. The molecule has 2 rings (SSSR count). The highest BCUT2D eigenvalue weighted by atomic mass is 35.5. The van der Waals surface area contributed by atoms with Gasteiger partial charge < -0.3 is 4.42 Å². The molecule has 0 fully saturated rings. The smallest absolute Gasteiger partial charge is 0.187 e. The fourth-order valence-corrected chi connectivity index (χ4v) is 1.52. The van der Waals surface area contributed by atoms with Gasteiger partial charge in [0.15, 0.2) is 5.78 Å². The van der Waals surface area contributed by atoms with E-state index in [2.05, 4.69) is 0 Å². The summed E-state index contributed by atoms with van der Waals surface area (Å²) in [6.07, 6.45) is 4.62. The molecular formula is C13H9ClO2. The lowest BCUT2D eigenvalue weighted by molar-refractivity contribution is 0.104. The summed E-state index contributed by atoms with van der Waals surface area (Å²) in [6.45, 7) is 0. The molecule has 1 aromatic heterocycles. The Labute approximate surface area is 98.2 Å². The first-order chi connectivity index (χ1) is 7.77. The maximum absolute atomic E-state index is 11.7.